The third-order valence-corrected chi connectivity index (χ3v) is 2.40. The van der Waals surface area contributed by atoms with Crippen LogP contribution in [0.4, 0.5) is 5.69 Å². The van der Waals surface area contributed by atoms with E-state index in [2.05, 4.69) is 11.1 Å². The number of nitriles is 1. The lowest BCUT2D eigenvalue weighted by Gasteiger charge is -2.07. The second kappa shape index (κ2) is 4.45. The lowest BCUT2D eigenvalue weighted by Crippen LogP contribution is -1.99. The van der Waals surface area contributed by atoms with Crippen molar-refractivity contribution in [3.8, 4) is 17.2 Å². The molecular formula is C13H11N3. The van der Waals surface area contributed by atoms with Gasteiger partial charge < -0.3 is 5.73 Å². The van der Waals surface area contributed by atoms with Gasteiger partial charge in [0.15, 0.2) is 0 Å². The minimum atomic E-state index is 0.243. The number of nitrogens with two attached hydrogens (primary N) is 1. The van der Waals surface area contributed by atoms with Gasteiger partial charge in [-0.3, -0.25) is 4.98 Å². The van der Waals surface area contributed by atoms with Crippen molar-refractivity contribution in [1.82, 2.24) is 4.98 Å². The van der Waals surface area contributed by atoms with E-state index >= 15 is 0 Å². The summed E-state index contributed by atoms with van der Waals surface area (Å²) in [5.41, 5.74) is 9.20. The molecule has 0 aliphatic carbocycles. The second-order valence-corrected chi connectivity index (χ2v) is 3.42. The Morgan fingerprint density at radius 2 is 1.94 bits per heavy atom. The molecule has 0 aliphatic rings. The number of hydrogen-bond donors (Lipinski definition) is 1. The molecule has 0 saturated heterocycles. The molecule has 0 bridgehead atoms. The van der Waals surface area contributed by atoms with E-state index in [-0.39, 0.29) is 6.42 Å². The minimum absolute atomic E-state index is 0.243. The number of benzene rings is 1. The zero-order valence-electron chi connectivity index (χ0n) is 8.72. The van der Waals surface area contributed by atoms with Crippen molar-refractivity contribution in [2.45, 2.75) is 6.42 Å². The van der Waals surface area contributed by atoms with E-state index in [9.17, 15) is 0 Å². The zero-order chi connectivity index (χ0) is 11.4. The summed E-state index contributed by atoms with van der Waals surface area (Å²) in [5, 5.41) is 8.66. The third-order valence-electron chi connectivity index (χ3n) is 2.40. The van der Waals surface area contributed by atoms with E-state index in [0.29, 0.717) is 11.4 Å². The summed E-state index contributed by atoms with van der Waals surface area (Å²) in [6.45, 7) is 0. The summed E-state index contributed by atoms with van der Waals surface area (Å²) >= 11 is 0. The van der Waals surface area contributed by atoms with Gasteiger partial charge in [0.2, 0.25) is 0 Å². The Balaban J connectivity index is 2.51. The van der Waals surface area contributed by atoms with Gasteiger partial charge in [0.25, 0.3) is 0 Å². The van der Waals surface area contributed by atoms with E-state index in [4.69, 9.17) is 11.0 Å². The van der Waals surface area contributed by atoms with Gasteiger partial charge in [0, 0.05) is 11.8 Å². The smallest absolute Gasteiger partial charge is 0.0795 e. The standard InChI is InChI=1S/C13H11N3/c14-8-6-12-13(15)11(7-9-16-12)10-4-2-1-3-5-10/h1-5,7,9H,6,15H2. The van der Waals surface area contributed by atoms with Crippen molar-refractivity contribution in [2.24, 2.45) is 0 Å². The molecule has 3 heteroatoms. The summed E-state index contributed by atoms with van der Waals surface area (Å²) in [4.78, 5) is 4.11. The first-order valence-corrected chi connectivity index (χ1v) is 4.98. The van der Waals surface area contributed by atoms with E-state index in [0.717, 1.165) is 11.1 Å². The molecule has 0 radical (unpaired) electrons. The molecule has 0 aliphatic heterocycles. The van der Waals surface area contributed by atoms with Gasteiger partial charge in [0.05, 0.1) is 23.9 Å². The Kier molecular flexibility index (Phi) is 2.84. The topological polar surface area (TPSA) is 62.7 Å². The predicted octanol–water partition coefficient (Wildman–Crippen LogP) is 2.40. The lowest BCUT2D eigenvalue weighted by molar-refractivity contribution is 1.12. The molecule has 2 rings (SSSR count). The van der Waals surface area contributed by atoms with Crippen LogP contribution in [0.25, 0.3) is 11.1 Å². The van der Waals surface area contributed by atoms with Gasteiger partial charge in [-0.05, 0) is 11.6 Å². The van der Waals surface area contributed by atoms with Gasteiger partial charge in [-0.25, -0.2) is 0 Å². The van der Waals surface area contributed by atoms with Crippen LogP contribution in [0.2, 0.25) is 0 Å². The van der Waals surface area contributed by atoms with Crippen molar-refractivity contribution < 1.29 is 0 Å². The summed E-state index contributed by atoms with van der Waals surface area (Å²) in [5.74, 6) is 0. The molecule has 1 heterocycles. The maximum atomic E-state index is 8.66. The van der Waals surface area contributed by atoms with E-state index in [1.54, 1.807) is 6.20 Å². The average molecular weight is 209 g/mol. The highest BCUT2D eigenvalue weighted by Crippen LogP contribution is 2.27. The number of anilines is 1. The van der Waals surface area contributed by atoms with E-state index < -0.39 is 0 Å². The molecule has 0 atom stereocenters. The van der Waals surface area contributed by atoms with Crippen LogP contribution in [0.3, 0.4) is 0 Å². The maximum absolute atomic E-state index is 8.66. The van der Waals surface area contributed by atoms with Crippen LogP contribution >= 0.6 is 0 Å². The number of pyridine rings is 1. The third kappa shape index (κ3) is 1.86. The van der Waals surface area contributed by atoms with Crippen molar-refractivity contribution in [3.63, 3.8) is 0 Å². The van der Waals surface area contributed by atoms with Crippen molar-refractivity contribution in [2.75, 3.05) is 5.73 Å². The largest absolute Gasteiger partial charge is 0.397 e. The minimum Gasteiger partial charge on any atom is -0.397 e. The summed E-state index contributed by atoms with van der Waals surface area (Å²) in [7, 11) is 0. The first kappa shape index (κ1) is 10.2. The van der Waals surface area contributed by atoms with Gasteiger partial charge in [-0.1, -0.05) is 30.3 Å². The normalized spacial score (nSPS) is 9.69. The highest BCUT2D eigenvalue weighted by atomic mass is 14.7. The fraction of sp³-hybridized carbons (Fsp3) is 0.0769. The molecule has 0 spiro atoms. The van der Waals surface area contributed by atoms with E-state index in [1.165, 1.54) is 0 Å². The maximum Gasteiger partial charge on any atom is 0.0795 e. The van der Waals surface area contributed by atoms with Crippen molar-refractivity contribution in [1.29, 1.82) is 5.26 Å². The Bertz CT molecular complexity index is 527. The van der Waals surface area contributed by atoms with Crippen LogP contribution in [0.1, 0.15) is 5.69 Å². The van der Waals surface area contributed by atoms with Gasteiger partial charge in [-0.15, -0.1) is 0 Å². The fourth-order valence-electron chi connectivity index (χ4n) is 1.60. The van der Waals surface area contributed by atoms with Crippen LogP contribution in [0.15, 0.2) is 42.6 Å². The molecule has 2 N–H and O–H groups in total. The molecule has 2 aromatic rings. The Morgan fingerprint density at radius 3 is 2.62 bits per heavy atom. The first-order valence-electron chi connectivity index (χ1n) is 4.98. The molecule has 0 fully saturated rings. The molecule has 3 nitrogen and oxygen atoms in total. The molecule has 0 saturated carbocycles. The quantitative estimate of drug-likeness (QED) is 0.826. The zero-order valence-corrected chi connectivity index (χ0v) is 8.72. The monoisotopic (exact) mass is 209 g/mol. The predicted molar refractivity (Wildman–Crippen MR) is 63.4 cm³/mol. The highest BCUT2D eigenvalue weighted by molar-refractivity contribution is 5.77. The van der Waals surface area contributed by atoms with Gasteiger partial charge in [-0.2, -0.15) is 5.26 Å². The second-order valence-electron chi connectivity index (χ2n) is 3.42. The first-order chi connectivity index (χ1) is 7.83. The SMILES string of the molecule is N#CCc1nccc(-c2ccccc2)c1N. The molecular weight excluding hydrogens is 198 g/mol. The van der Waals surface area contributed by atoms with Gasteiger partial charge >= 0.3 is 0 Å². The molecule has 1 aromatic carbocycles. The van der Waals surface area contributed by atoms with E-state index in [1.807, 2.05) is 36.4 Å². The molecule has 16 heavy (non-hydrogen) atoms. The van der Waals surface area contributed by atoms with Crippen LogP contribution in [-0.4, -0.2) is 4.98 Å². The van der Waals surface area contributed by atoms with Crippen LogP contribution in [0.5, 0.6) is 0 Å². The lowest BCUT2D eigenvalue weighted by atomic mass is 10.0. The fourth-order valence-corrected chi connectivity index (χ4v) is 1.60. The number of nitrogen functional groups attached to an aromatic ring is 1. The van der Waals surface area contributed by atoms with Crippen molar-refractivity contribution >= 4 is 5.69 Å². The van der Waals surface area contributed by atoms with Crippen LogP contribution < -0.4 is 5.73 Å². The summed E-state index contributed by atoms with van der Waals surface area (Å²) in [6.07, 6.45) is 1.93. The highest BCUT2D eigenvalue weighted by Gasteiger charge is 2.07. The Morgan fingerprint density at radius 1 is 1.19 bits per heavy atom. The number of aromatic nitrogens is 1. The Labute approximate surface area is 94.2 Å². The van der Waals surface area contributed by atoms with Crippen LogP contribution in [-0.2, 0) is 6.42 Å². The van der Waals surface area contributed by atoms with Crippen LogP contribution in [0, 0.1) is 11.3 Å². The number of rotatable bonds is 2. The molecule has 1 aromatic heterocycles. The Hall–Kier alpha value is -2.34. The number of nitrogens with zero attached hydrogens (tertiary/aromatic N) is 2. The molecule has 78 valence electrons. The van der Waals surface area contributed by atoms with Crippen molar-refractivity contribution in [3.05, 3.63) is 48.3 Å². The summed E-state index contributed by atoms with van der Waals surface area (Å²) < 4.78 is 0. The average Bonchev–Trinajstić information content (AvgIpc) is 2.33. The van der Waals surface area contributed by atoms with Gasteiger partial charge in [0.1, 0.15) is 0 Å². The molecule has 0 unspecified atom stereocenters. The molecule has 0 amide bonds. The number of hydrogen-bond acceptors (Lipinski definition) is 3. The summed E-state index contributed by atoms with van der Waals surface area (Å²) in [6, 6.07) is 13.8.